The van der Waals surface area contributed by atoms with E-state index in [0.29, 0.717) is 37.4 Å². The molecule has 2 aliphatic heterocycles. The van der Waals surface area contributed by atoms with E-state index in [1.165, 1.54) is 5.56 Å². The van der Waals surface area contributed by atoms with Gasteiger partial charge in [-0.15, -0.1) is 0 Å². The Morgan fingerprint density at radius 1 is 1.00 bits per heavy atom. The van der Waals surface area contributed by atoms with Crippen molar-refractivity contribution in [2.24, 2.45) is 0 Å². The fourth-order valence-electron chi connectivity index (χ4n) is 4.11. The molecule has 1 fully saturated rings. The highest BCUT2D eigenvalue weighted by molar-refractivity contribution is 6.03. The lowest BCUT2D eigenvalue weighted by atomic mass is 9.98. The third-order valence-electron chi connectivity index (χ3n) is 5.56. The van der Waals surface area contributed by atoms with Gasteiger partial charge in [-0.2, -0.15) is 0 Å². The summed E-state index contributed by atoms with van der Waals surface area (Å²) in [7, 11) is 3.23. The Morgan fingerprint density at radius 3 is 2.36 bits per heavy atom. The van der Waals surface area contributed by atoms with Crippen LogP contribution in [0.3, 0.4) is 0 Å². The number of carbonyl (C=O) groups excluding carboxylic acids is 2. The zero-order chi connectivity index (χ0) is 19.7. The Balaban J connectivity index is 1.57. The van der Waals surface area contributed by atoms with Gasteiger partial charge in [0.05, 0.1) is 14.2 Å². The number of methoxy groups -OCH3 is 2. The van der Waals surface area contributed by atoms with Gasteiger partial charge in [0.2, 0.25) is 11.8 Å². The molecule has 6 heteroatoms. The molecule has 2 heterocycles. The molecule has 1 atom stereocenters. The molecular weight excluding hydrogens is 356 g/mol. The fraction of sp³-hybridized carbons (Fsp3) is 0.364. The predicted molar refractivity (Wildman–Crippen MR) is 106 cm³/mol. The lowest BCUT2D eigenvalue weighted by Gasteiger charge is -2.34. The third kappa shape index (κ3) is 3.19. The van der Waals surface area contributed by atoms with Crippen LogP contribution in [0.2, 0.25) is 0 Å². The van der Waals surface area contributed by atoms with Crippen molar-refractivity contribution in [1.29, 1.82) is 0 Å². The number of hydrogen-bond donors (Lipinski definition) is 0. The molecule has 0 saturated carbocycles. The van der Waals surface area contributed by atoms with Crippen molar-refractivity contribution in [2.45, 2.75) is 31.8 Å². The number of benzene rings is 2. The summed E-state index contributed by atoms with van der Waals surface area (Å²) in [6.45, 7) is 1.15. The Kier molecular flexibility index (Phi) is 4.94. The molecule has 1 saturated heterocycles. The Hall–Kier alpha value is -3.02. The molecule has 0 aliphatic carbocycles. The lowest BCUT2D eigenvalue weighted by Crippen LogP contribution is -2.48. The first-order chi connectivity index (χ1) is 13.6. The van der Waals surface area contributed by atoms with E-state index in [1.807, 2.05) is 47.4 Å². The number of carbonyl (C=O) groups is 2. The van der Waals surface area contributed by atoms with Crippen molar-refractivity contribution in [3.05, 3.63) is 53.6 Å². The molecule has 4 rings (SSSR count). The zero-order valence-corrected chi connectivity index (χ0v) is 16.2. The molecule has 2 amide bonds. The Labute approximate surface area is 164 Å². The molecule has 6 nitrogen and oxygen atoms in total. The Bertz CT molecular complexity index is 897. The summed E-state index contributed by atoms with van der Waals surface area (Å²) < 4.78 is 10.8. The Morgan fingerprint density at radius 2 is 1.68 bits per heavy atom. The topological polar surface area (TPSA) is 59.1 Å². The molecule has 2 aromatic carbocycles. The zero-order valence-electron chi connectivity index (χ0n) is 16.2. The SMILES string of the molecule is COc1cc2c(cc1OC)CN(C(=O)C1CCC(=O)N1c1ccccc1)CC2. The van der Waals surface area contributed by atoms with Crippen LogP contribution in [0.1, 0.15) is 24.0 Å². The summed E-state index contributed by atoms with van der Waals surface area (Å²) in [5, 5.41) is 0. The van der Waals surface area contributed by atoms with Gasteiger partial charge in [0.1, 0.15) is 6.04 Å². The number of rotatable bonds is 4. The summed E-state index contributed by atoms with van der Waals surface area (Å²) in [4.78, 5) is 29.3. The maximum absolute atomic E-state index is 13.3. The average Bonchev–Trinajstić information content (AvgIpc) is 3.13. The molecule has 0 radical (unpaired) electrons. The van der Waals surface area contributed by atoms with E-state index in [1.54, 1.807) is 19.1 Å². The van der Waals surface area contributed by atoms with E-state index in [2.05, 4.69) is 0 Å². The number of ether oxygens (including phenoxy) is 2. The molecule has 0 N–H and O–H groups in total. The first-order valence-corrected chi connectivity index (χ1v) is 9.52. The van der Waals surface area contributed by atoms with Crippen molar-refractivity contribution in [1.82, 2.24) is 4.90 Å². The smallest absolute Gasteiger partial charge is 0.246 e. The molecule has 0 spiro atoms. The van der Waals surface area contributed by atoms with Crippen LogP contribution in [0.5, 0.6) is 11.5 Å². The number of amides is 2. The summed E-state index contributed by atoms with van der Waals surface area (Å²) >= 11 is 0. The average molecular weight is 380 g/mol. The number of fused-ring (bicyclic) bond motifs is 1. The first-order valence-electron chi connectivity index (χ1n) is 9.52. The minimum atomic E-state index is -0.434. The summed E-state index contributed by atoms with van der Waals surface area (Å²) in [6.07, 6.45) is 1.72. The summed E-state index contributed by atoms with van der Waals surface area (Å²) in [5.74, 6) is 1.39. The van der Waals surface area contributed by atoms with E-state index < -0.39 is 6.04 Å². The van der Waals surface area contributed by atoms with Crippen molar-refractivity contribution >= 4 is 17.5 Å². The standard InChI is InChI=1S/C22H24N2O4/c1-27-19-12-15-10-11-23(14-16(15)13-20(19)28-2)22(26)18-8-9-21(25)24(18)17-6-4-3-5-7-17/h3-7,12-13,18H,8-11,14H2,1-2H3. The monoisotopic (exact) mass is 380 g/mol. The first kappa shape index (κ1) is 18.3. The van der Waals surface area contributed by atoms with Gasteiger partial charge in [0.25, 0.3) is 0 Å². The van der Waals surface area contributed by atoms with Crippen molar-refractivity contribution < 1.29 is 19.1 Å². The largest absolute Gasteiger partial charge is 0.493 e. The van der Waals surface area contributed by atoms with Gasteiger partial charge >= 0.3 is 0 Å². The molecule has 28 heavy (non-hydrogen) atoms. The quantitative estimate of drug-likeness (QED) is 0.818. The van der Waals surface area contributed by atoms with Gasteiger partial charge in [0.15, 0.2) is 11.5 Å². The molecule has 2 aliphatic rings. The maximum atomic E-state index is 13.3. The summed E-state index contributed by atoms with van der Waals surface area (Å²) in [6, 6.07) is 12.9. The maximum Gasteiger partial charge on any atom is 0.246 e. The van der Waals surface area contributed by atoms with Crippen LogP contribution in [0.4, 0.5) is 5.69 Å². The van der Waals surface area contributed by atoms with Crippen molar-refractivity contribution in [3.8, 4) is 11.5 Å². The van der Waals surface area contributed by atoms with E-state index >= 15 is 0 Å². The van der Waals surface area contributed by atoms with E-state index in [0.717, 1.165) is 17.7 Å². The molecule has 1 unspecified atom stereocenters. The highest BCUT2D eigenvalue weighted by Gasteiger charge is 2.39. The highest BCUT2D eigenvalue weighted by atomic mass is 16.5. The van der Waals surface area contributed by atoms with Crippen LogP contribution in [0.15, 0.2) is 42.5 Å². The number of anilines is 1. The van der Waals surface area contributed by atoms with Crippen molar-refractivity contribution in [3.63, 3.8) is 0 Å². The van der Waals surface area contributed by atoms with Crippen LogP contribution < -0.4 is 14.4 Å². The number of nitrogens with zero attached hydrogens (tertiary/aromatic N) is 2. The predicted octanol–water partition coefficient (Wildman–Crippen LogP) is 2.78. The minimum absolute atomic E-state index is 0.00775. The van der Waals surface area contributed by atoms with Gasteiger partial charge in [0, 0.05) is 25.2 Å². The normalized spacial score (nSPS) is 18.8. The number of hydrogen-bond acceptors (Lipinski definition) is 4. The highest BCUT2D eigenvalue weighted by Crippen LogP contribution is 2.34. The molecule has 0 aromatic heterocycles. The van der Waals surface area contributed by atoms with Crippen molar-refractivity contribution in [2.75, 3.05) is 25.7 Å². The van der Waals surface area contributed by atoms with Crippen LogP contribution in [0.25, 0.3) is 0 Å². The second kappa shape index (κ2) is 7.54. The lowest BCUT2D eigenvalue weighted by molar-refractivity contribution is -0.134. The molecule has 2 aromatic rings. The molecule has 0 bridgehead atoms. The third-order valence-corrected chi connectivity index (χ3v) is 5.56. The van der Waals surface area contributed by atoms with Crippen LogP contribution in [0, 0.1) is 0 Å². The van der Waals surface area contributed by atoms with Gasteiger partial charge in [-0.05, 0) is 48.2 Å². The van der Waals surface area contributed by atoms with Gasteiger partial charge < -0.3 is 14.4 Å². The van der Waals surface area contributed by atoms with Crippen LogP contribution in [-0.2, 0) is 22.6 Å². The second-order valence-corrected chi connectivity index (χ2v) is 7.14. The van der Waals surface area contributed by atoms with Crippen LogP contribution in [-0.4, -0.2) is 43.5 Å². The summed E-state index contributed by atoms with van der Waals surface area (Å²) in [5.41, 5.74) is 3.02. The molecular formula is C22H24N2O4. The minimum Gasteiger partial charge on any atom is -0.493 e. The fourth-order valence-corrected chi connectivity index (χ4v) is 4.11. The van der Waals surface area contributed by atoms with Gasteiger partial charge in [-0.1, -0.05) is 18.2 Å². The van der Waals surface area contributed by atoms with E-state index in [-0.39, 0.29) is 11.8 Å². The van der Waals surface area contributed by atoms with E-state index in [9.17, 15) is 9.59 Å². The molecule has 146 valence electrons. The van der Waals surface area contributed by atoms with Gasteiger partial charge in [-0.25, -0.2) is 0 Å². The van der Waals surface area contributed by atoms with Gasteiger partial charge in [-0.3, -0.25) is 14.5 Å². The van der Waals surface area contributed by atoms with Crippen LogP contribution >= 0.6 is 0 Å². The van der Waals surface area contributed by atoms with E-state index in [4.69, 9.17) is 9.47 Å². The second-order valence-electron chi connectivity index (χ2n) is 7.14. The number of para-hydroxylation sites is 1.